The maximum absolute atomic E-state index is 12.9. The zero-order chi connectivity index (χ0) is 22.5. The molecule has 5 unspecified atom stereocenters. The van der Waals surface area contributed by atoms with Crippen LogP contribution >= 0.6 is 0 Å². The van der Waals surface area contributed by atoms with E-state index in [1.165, 1.54) is 16.7 Å². The van der Waals surface area contributed by atoms with Crippen molar-refractivity contribution in [2.45, 2.75) is 61.3 Å². The van der Waals surface area contributed by atoms with Gasteiger partial charge in [0.15, 0.2) is 0 Å². The molecule has 4 fully saturated rings. The van der Waals surface area contributed by atoms with Gasteiger partial charge in [0.1, 0.15) is 0 Å². The van der Waals surface area contributed by atoms with Crippen molar-refractivity contribution in [3.63, 3.8) is 0 Å². The van der Waals surface area contributed by atoms with Crippen LogP contribution in [0.15, 0.2) is 91.0 Å². The molecule has 3 aromatic carbocycles. The van der Waals surface area contributed by atoms with Gasteiger partial charge in [-0.25, -0.2) is 0 Å². The Balaban J connectivity index is 1.54. The van der Waals surface area contributed by atoms with E-state index >= 15 is 0 Å². The molecule has 0 spiro atoms. The monoisotopic (exact) mass is 437 g/mol. The number of aryl methyl sites for hydroxylation is 1. The second-order valence-electron chi connectivity index (χ2n) is 10.8. The van der Waals surface area contributed by atoms with Gasteiger partial charge in [0.25, 0.3) is 0 Å². The van der Waals surface area contributed by atoms with Crippen LogP contribution in [0.1, 0.15) is 55.2 Å². The minimum absolute atomic E-state index is 0.108. The molecule has 33 heavy (non-hydrogen) atoms. The molecule has 0 N–H and O–H groups in total. The molecule has 0 radical (unpaired) electrons. The van der Waals surface area contributed by atoms with Gasteiger partial charge in [-0.2, -0.15) is 0 Å². The van der Waals surface area contributed by atoms with Crippen LogP contribution < -0.4 is 0 Å². The van der Waals surface area contributed by atoms with E-state index in [1.54, 1.807) is 0 Å². The van der Waals surface area contributed by atoms with Gasteiger partial charge in [0, 0.05) is 34.5 Å². The summed E-state index contributed by atoms with van der Waals surface area (Å²) in [4.78, 5) is 13.0. The molecule has 4 saturated carbocycles. The third-order valence-electron chi connectivity index (χ3n) is 9.35. The Labute approximate surface area is 196 Å². The van der Waals surface area contributed by atoms with Crippen molar-refractivity contribution >= 4 is 0 Å². The Morgan fingerprint density at radius 2 is 1.42 bits per heavy atom. The average Bonchev–Trinajstić information content (AvgIpc) is 3.17. The first-order valence-corrected chi connectivity index (χ1v) is 12.4. The van der Waals surface area contributed by atoms with E-state index < -0.39 is 5.54 Å². The van der Waals surface area contributed by atoms with Crippen LogP contribution in [0.5, 0.6) is 0 Å². The number of rotatable bonds is 6. The van der Waals surface area contributed by atoms with Gasteiger partial charge in [-0.3, -0.25) is 10.1 Å². The minimum atomic E-state index is -0.816. The van der Waals surface area contributed by atoms with Crippen molar-refractivity contribution in [2.24, 2.45) is 11.8 Å². The van der Waals surface area contributed by atoms with Gasteiger partial charge < -0.3 is 0 Å². The first-order chi connectivity index (χ1) is 16.1. The summed E-state index contributed by atoms with van der Waals surface area (Å²) >= 11 is 0. The smallest absolute Gasteiger partial charge is 0.227 e. The van der Waals surface area contributed by atoms with Gasteiger partial charge in [0.2, 0.25) is 5.54 Å². The third-order valence-corrected chi connectivity index (χ3v) is 9.35. The molecule has 3 heteroatoms. The van der Waals surface area contributed by atoms with Crippen LogP contribution in [0.3, 0.4) is 0 Å². The lowest BCUT2D eigenvalue weighted by Crippen LogP contribution is -2.67. The summed E-state index contributed by atoms with van der Waals surface area (Å²) in [7, 11) is 0. The fraction of sp³-hybridized carbons (Fsp3) is 0.400. The molecule has 0 aliphatic heterocycles. The van der Waals surface area contributed by atoms with Crippen LogP contribution in [-0.4, -0.2) is 10.5 Å². The lowest BCUT2D eigenvalue weighted by molar-refractivity contribution is -0.592. The summed E-state index contributed by atoms with van der Waals surface area (Å²) in [6.45, 7) is 0. The van der Waals surface area contributed by atoms with Gasteiger partial charge in [-0.05, 0) is 54.7 Å². The van der Waals surface area contributed by atoms with Gasteiger partial charge >= 0.3 is 0 Å². The third kappa shape index (κ3) is 3.01. The predicted octanol–water partition coefficient (Wildman–Crippen LogP) is 6.73. The topological polar surface area (TPSA) is 43.1 Å². The van der Waals surface area contributed by atoms with Gasteiger partial charge in [0.05, 0.1) is 0 Å². The lowest BCUT2D eigenvalue weighted by atomic mass is 9.40. The summed E-state index contributed by atoms with van der Waals surface area (Å²) < 4.78 is 0. The molecule has 4 aliphatic carbocycles. The highest BCUT2D eigenvalue weighted by Gasteiger charge is 2.75. The van der Waals surface area contributed by atoms with E-state index in [-0.39, 0.29) is 21.7 Å². The zero-order valence-corrected chi connectivity index (χ0v) is 19.0. The van der Waals surface area contributed by atoms with Crippen LogP contribution in [0.4, 0.5) is 0 Å². The van der Waals surface area contributed by atoms with E-state index in [9.17, 15) is 10.1 Å². The number of nitrogens with zero attached hydrogens (tertiary/aromatic N) is 1. The molecule has 0 aromatic heterocycles. The Morgan fingerprint density at radius 1 is 0.818 bits per heavy atom. The molecule has 4 bridgehead atoms. The molecular formula is C30H31NO2. The van der Waals surface area contributed by atoms with Crippen molar-refractivity contribution in [1.29, 1.82) is 0 Å². The SMILES string of the molecule is O=[N+]([O-])C12CCC3CC(c4ccccc4)(CC(CCc4ccccc4)(c4ccccc4)C31)C2. The fourth-order valence-electron chi connectivity index (χ4n) is 8.42. The number of benzene rings is 3. The maximum atomic E-state index is 12.9. The highest BCUT2D eigenvalue weighted by Crippen LogP contribution is 2.72. The van der Waals surface area contributed by atoms with E-state index in [0.29, 0.717) is 12.3 Å². The number of nitro groups is 1. The standard InChI is InChI=1S/C30H31NO2/c32-31(33)30-19-17-24-20-28(22-30,25-12-6-2-7-13-25)21-29(27(24)30,26-14-8-3-9-15-26)18-16-23-10-4-1-5-11-23/h1-15,24,27H,16-22H2. The second-order valence-corrected chi connectivity index (χ2v) is 10.8. The number of fused-ring (bicyclic) bond motifs is 1. The van der Waals surface area contributed by atoms with Gasteiger partial charge in [-0.1, -0.05) is 91.0 Å². The molecule has 7 rings (SSSR count). The van der Waals surface area contributed by atoms with Crippen molar-refractivity contribution in [1.82, 2.24) is 0 Å². The van der Waals surface area contributed by atoms with Crippen molar-refractivity contribution in [2.75, 3.05) is 0 Å². The highest BCUT2D eigenvalue weighted by molar-refractivity contribution is 5.41. The zero-order valence-electron chi connectivity index (χ0n) is 19.0. The molecule has 4 aliphatic rings. The highest BCUT2D eigenvalue weighted by atomic mass is 16.6. The summed E-state index contributed by atoms with van der Waals surface area (Å²) in [6, 6.07) is 32.2. The molecule has 5 atom stereocenters. The molecule has 3 aromatic rings. The van der Waals surface area contributed by atoms with Crippen molar-refractivity contribution in [3.05, 3.63) is 118 Å². The molecule has 0 heterocycles. The summed E-state index contributed by atoms with van der Waals surface area (Å²) in [5, 5.41) is 12.9. The van der Waals surface area contributed by atoms with Crippen molar-refractivity contribution < 1.29 is 4.92 Å². The first kappa shape index (κ1) is 20.7. The largest absolute Gasteiger partial charge is 0.264 e. The van der Waals surface area contributed by atoms with Crippen LogP contribution in [0, 0.1) is 22.0 Å². The second kappa shape index (κ2) is 7.55. The lowest BCUT2D eigenvalue weighted by Gasteiger charge is -2.62. The summed E-state index contributed by atoms with van der Waals surface area (Å²) in [5.74, 6) is 0.519. The van der Waals surface area contributed by atoms with E-state index in [1.807, 2.05) is 0 Å². The van der Waals surface area contributed by atoms with E-state index in [2.05, 4.69) is 91.0 Å². The minimum Gasteiger partial charge on any atom is -0.264 e. The Hall–Kier alpha value is -2.94. The van der Waals surface area contributed by atoms with Crippen LogP contribution in [-0.2, 0) is 17.3 Å². The molecule has 168 valence electrons. The normalized spacial score (nSPS) is 34.3. The number of hydrogen-bond donors (Lipinski definition) is 0. The number of hydrogen-bond acceptors (Lipinski definition) is 2. The Kier molecular flexibility index (Phi) is 4.72. The van der Waals surface area contributed by atoms with Crippen LogP contribution in [0.25, 0.3) is 0 Å². The quantitative estimate of drug-likeness (QED) is 0.317. The maximum Gasteiger partial charge on any atom is 0.227 e. The molecule has 3 nitrogen and oxygen atoms in total. The van der Waals surface area contributed by atoms with Crippen molar-refractivity contribution in [3.8, 4) is 0 Å². The fourth-order valence-corrected chi connectivity index (χ4v) is 8.42. The summed E-state index contributed by atoms with van der Waals surface area (Å²) in [6.07, 6.45) is 6.43. The molecular weight excluding hydrogens is 406 g/mol. The predicted molar refractivity (Wildman–Crippen MR) is 131 cm³/mol. The first-order valence-electron chi connectivity index (χ1n) is 12.4. The van der Waals surface area contributed by atoms with E-state index in [4.69, 9.17) is 0 Å². The van der Waals surface area contributed by atoms with Crippen LogP contribution in [0.2, 0.25) is 0 Å². The van der Waals surface area contributed by atoms with E-state index in [0.717, 1.165) is 38.5 Å². The van der Waals surface area contributed by atoms with Gasteiger partial charge in [-0.15, -0.1) is 0 Å². The Morgan fingerprint density at radius 3 is 2.06 bits per heavy atom. The molecule has 0 amide bonds. The Bertz CT molecular complexity index is 1150. The summed E-state index contributed by atoms with van der Waals surface area (Å²) in [5.41, 5.74) is 2.81. The molecule has 0 saturated heterocycles. The average molecular weight is 438 g/mol.